The van der Waals surface area contributed by atoms with Gasteiger partial charge in [-0.25, -0.2) is 0 Å². The van der Waals surface area contributed by atoms with Gasteiger partial charge in [-0.2, -0.15) is 0 Å². The van der Waals surface area contributed by atoms with Gasteiger partial charge < -0.3 is 4.74 Å². The standard InChI is InChI=1S/C15H20FNO2/c1-12(18)13-3-5-14(6-4-13)19-15-7-10-17(11-15)9-2-8-16/h3-6,15H,2,7-11H2,1H3. The molecule has 3 nitrogen and oxygen atoms in total. The first-order chi connectivity index (χ1) is 9.19. The lowest BCUT2D eigenvalue weighted by Crippen LogP contribution is -2.26. The van der Waals surface area contributed by atoms with Gasteiger partial charge in [0.1, 0.15) is 11.9 Å². The first kappa shape index (κ1) is 14.0. The van der Waals surface area contributed by atoms with Gasteiger partial charge in [0, 0.05) is 25.2 Å². The molecule has 0 saturated carbocycles. The molecule has 1 atom stereocenters. The zero-order valence-corrected chi connectivity index (χ0v) is 11.3. The van der Waals surface area contributed by atoms with Crippen LogP contribution in [0.2, 0.25) is 0 Å². The van der Waals surface area contributed by atoms with Gasteiger partial charge in [-0.05, 0) is 44.0 Å². The Balaban J connectivity index is 1.83. The number of hydrogen-bond acceptors (Lipinski definition) is 3. The first-order valence-electron chi connectivity index (χ1n) is 6.75. The van der Waals surface area contributed by atoms with E-state index in [1.54, 1.807) is 19.1 Å². The number of alkyl halides is 1. The number of nitrogens with zero attached hydrogens (tertiary/aromatic N) is 1. The van der Waals surface area contributed by atoms with E-state index in [4.69, 9.17) is 4.74 Å². The molecule has 19 heavy (non-hydrogen) atoms. The number of rotatable bonds is 6. The molecule has 1 aliphatic rings. The second kappa shape index (κ2) is 6.66. The molecule has 1 fully saturated rings. The van der Waals surface area contributed by atoms with Gasteiger partial charge >= 0.3 is 0 Å². The maximum absolute atomic E-state index is 12.1. The fraction of sp³-hybridized carbons (Fsp3) is 0.533. The van der Waals surface area contributed by atoms with Crippen molar-refractivity contribution < 1.29 is 13.9 Å². The molecule has 1 saturated heterocycles. The molecule has 1 aromatic rings. The number of halogens is 1. The zero-order valence-electron chi connectivity index (χ0n) is 11.3. The third-order valence-electron chi connectivity index (χ3n) is 3.40. The molecule has 4 heteroatoms. The van der Waals surface area contributed by atoms with Crippen LogP contribution in [-0.4, -0.2) is 43.1 Å². The first-order valence-corrected chi connectivity index (χ1v) is 6.75. The Bertz CT molecular complexity index is 419. The van der Waals surface area contributed by atoms with E-state index in [0.717, 1.165) is 31.8 Å². The SMILES string of the molecule is CC(=O)c1ccc(OC2CCN(CCCF)C2)cc1. The van der Waals surface area contributed by atoms with Crippen LogP contribution in [0.3, 0.4) is 0 Å². The quantitative estimate of drug-likeness (QED) is 0.741. The van der Waals surface area contributed by atoms with Crippen molar-refractivity contribution in [2.75, 3.05) is 26.3 Å². The number of hydrogen-bond donors (Lipinski definition) is 0. The molecule has 1 aromatic carbocycles. The molecular weight excluding hydrogens is 245 g/mol. The van der Waals surface area contributed by atoms with Crippen LogP contribution in [-0.2, 0) is 0 Å². The van der Waals surface area contributed by atoms with E-state index < -0.39 is 0 Å². The number of carbonyl (C=O) groups excluding carboxylic acids is 1. The summed E-state index contributed by atoms with van der Waals surface area (Å²) in [6.07, 6.45) is 1.74. The molecule has 104 valence electrons. The molecule has 0 bridgehead atoms. The summed E-state index contributed by atoms with van der Waals surface area (Å²) in [6, 6.07) is 7.24. The number of Topliss-reactive ketones (excluding diaryl/α,β-unsaturated/α-hetero) is 1. The lowest BCUT2D eigenvalue weighted by molar-refractivity contribution is 0.101. The Morgan fingerprint density at radius 1 is 1.42 bits per heavy atom. The smallest absolute Gasteiger partial charge is 0.159 e. The van der Waals surface area contributed by atoms with Gasteiger partial charge in [-0.15, -0.1) is 0 Å². The van der Waals surface area contributed by atoms with Crippen molar-refractivity contribution in [2.45, 2.75) is 25.9 Å². The number of benzene rings is 1. The molecule has 2 rings (SSSR count). The predicted molar refractivity (Wildman–Crippen MR) is 72.5 cm³/mol. The minimum atomic E-state index is -0.255. The second-order valence-electron chi connectivity index (χ2n) is 4.95. The molecule has 0 N–H and O–H groups in total. The minimum Gasteiger partial charge on any atom is -0.489 e. The average molecular weight is 265 g/mol. The largest absolute Gasteiger partial charge is 0.489 e. The van der Waals surface area contributed by atoms with Crippen LogP contribution < -0.4 is 4.74 Å². The van der Waals surface area contributed by atoms with Crippen LogP contribution in [0, 0.1) is 0 Å². The molecule has 0 radical (unpaired) electrons. The fourth-order valence-electron chi connectivity index (χ4n) is 2.34. The summed E-state index contributed by atoms with van der Waals surface area (Å²) in [5.74, 6) is 0.854. The van der Waals surface area contributed by atoms with Crippen molar-refractivity contribution in [3.63, 3.8) is 0 Å². The Kier molecular flexibility index (Phi) is 4.91. The highest BCUT2D eigenvalue weighted by molar-refractivity contribution is 5.94. The normalized spacial score (nSPS) is 19.6. The maximum Gasteiger partial charge on any atom is 0.159 e. The van der Waals surface area contributed by atoms with E-state index in [-0.39, 0.29) is 18.6 Å². The van der Waals surface area contributed by atoms with Crippen molar-refractivity contribution in [1.29, 1.82) is 0 Å². The van der Waals surface area contributed by atoms with Crippen LogP contribution in [0.25, 0.3) is 0 Å². The van der Waals surface area contributed by atoms with E-state index in [1.807, 2.05) is 12.1 Å². The molecule has 1 heterocycles. The minimum absolute atomic E-state index is 0.0600. The number of carbonyl (C=O) groups is 1. The van der Waals surface area contributed by atoms with Gasteiger partial charge in [-0.1, -0.05) is 0 Å². The third-order valence-corrected chi connectivity index (χ3v) is 3.40. The molecule has 0 spiro atoms. The van der Waals surface area contributed by atoms with Gasteiger partial charge in [0.15, 0.2) is 5.78 Å². The van der Waals surface area contributed by atoms with Gasteiger partial charge in [0.25, 0.3) is 0 Å². The van der Waals surface area contributed by atoms with Gasteiger partial charge in [-0.3, -0.25) is 14.1 Å². The van der Waals surface area contributed by atoms with Crippen LogP contribution in [0.1, 0.15) is 30.1 Å². The van der Waals surface area contributed by atoms with E-state index in [1.165, 1.54) is 0 Å². The van der Waals surface area contributed by atoms with E-state index in [2.05, 4.69) is 4.90 Å². The molecule has 1 aliphatic heterocycles. The predicted octanol–water partition coefficient (Wildman–Crippen LogP) is 2.70. The lowest BCUT2D eigenvalue weighted by Gasteiger charge is -2.16. The Morgan fingerprint density at radius 2 is 2.16 bits per heavy atom. The summed E-state index contributed by atoms with van der Waals surface area (Å²) in [5, 5.41) is 0. The Morgan fingerprint density at radius 3 is 2.79 bits per heavy atom. The average Bonchev–Trinajstić information content (AvgIpc) is 2.84. The van der Waals surface area contributed by atoms with Crippen molar-refractivity contribution >= 4 is 5.78 Å². The van der Waals surface area contributed by atoms with Crippen LogP contribution in [0.5, 0.6) is 5.75 Å². The molecule has 1 unspecified atom stereocenters. The maximum atomic E-state index is 12.1. The summed E-state index contributed by atoms with van der Waals surface area (Å²) in [7, 11) is 0. The molecule has 0 amide bonds. The Labute approximate surface area is 113 Å². The van der Waals surface area contributed by atoms with Crippen LogP contribution in [0.15, 0.2) is 24.3 Å². The fourth-order valence-corrected chi connectivity index (χ4v) is 2.34. The van der Waals surface area contributed by atoms with E-state index in [0.29, 0.717) is 12.0 Å². The van der Waals surface area contributed by atoms with Crippen LogP contribution in [0.4, 0.5) is 4.39 Å². The van der Waals surface area contributed by atoms with E-state index >= 15 is 0 Å². The number of ketones is 1. The van der Waals surface area contributed by atoms with E-state index in [9.17, 15) is 9.18 Å². The second-order valence-corrected chi connectivity index (χ2v) is 4.95. The molecule has 0 aromatic heterocycles. The van der Waals surface area contributed by atoms with Crippen molar-refractivity contribution in [1.82, 2.24) is 4.90 Å². The summed E-state index contributed by atoms with van der Waals surface area (Å²) < 4.78 is 18.0. The number of ether oxygens (including phenoxy) is 1. The summed E-state index contributed by atoms with van der Waals surface area (Å²) in [4.78, 5) is 13.4. The van der Waals surface area contributed by atoms with Gasteiger partial charge in [0.05, 0.1) is 6.67 Å². The van der Waals surface area contributed by atoms with Crippen molar-refractivity contribution in [3.05, 3.63) is 29.8 Å². The zero-order chi connectivity index (χ0) is 13.7. The highest BCUT2D eigenvalue weighted by atomic mass is 19.1. The topological polar surface area (TPSA) is 29.5 Å². The summed E-state index contributed by atoms with van der Waals surface area (Å²) >= 11 is 0. The molecular formula is C15H20FNO2. The van der Waals surface area contributed by atoms with Gasteiger partial charge in [0.2, 0.25) is 0 Å². The third kappa shape index (κ3) is 4.03. The Hall–Kier alpha value is -1.42. The highest BCUT2D eigenvalue weighted by Crippen LogP contribution is 2.19. The van der Waals surface area contributed by atoms with Crippen molar-refractivity contribution in [2.24, 2.45) is 0 Å². The summed E-state index contributed by atoms with van der Waals surface area (Å²) in [6.45, 7) is 3.93. The monoisotopic (exact) mass is 265 g/mol. The highest BCUT2D eigenvalue weighted by Gasteiger charge is 2.23. The molecule has 0 aliphatic carbocycles. The van der Waals surface area contributed by atoms with Crippen molar-refractivity contribution in [3.8, 4) is 5.75 Å². The number of likely N-dealkylation sites (tertiary alicyclic amines) is 1. The van der Waals surface area contributed by atoms with Crippen LogP contribution >= 0.6 is 0 Å². The summed E-state index contributed by atoms with van der Waals surface area (Å²) in [5.41, 5.74) is 0.698. The lowest BCUT2D eigenvalue weighted by atomic mass is 10.1.